The van der Waals surface area contributed by atoms with E-state index >= 15 is 0 Å². The van der Waals surface area contributed by atoms with E-state index in [0.717, 1.165) is 22.5 Å². The van der Waals surface area contributed by atoms with Gasteiger partial charge in [-0.2, -0.15) is 23.3 Å². The lowest BCUT2D eigenvalue weighted by Crippen LogP contribution is -2.19. The number of alkyl halides is 3. The minimum atomic E-state index is -4.76. The monoisotopic (exact) mass is 480 g/mol. The maximum atomic E-state index is 13.8. The first kappa shape index (κ1) is 22.4. The highest BCUT2D eigenvalue weighted by molar-refractivity contribution is 5.99. The molecule has 0 fully saturated rings. The molecule has 0 spiro atoms. The molecule has 9 nitrogen and oxygen atoms in total. The van der Waals surface area contributed by atoms with Crippen LogP contribution in [0.1, 0.15) is 21.6 Å². The number of nitrogens with two attached hydrogens (primary N) is 1. The molecule has 3 aliphatic rings. The number of rotatable bonds is 3. The number of hydrogen-bond acceptors (Lipinski definition) is 7. The number of halogens is 3. The number of carbonyl (C=O) groups excluding carboxylic acids is 1. The number of carbonyl (C=O) groups is 1. The molecule has 4 heterocycles. The Morgan fingerprint density at radius 1 is 1.17 bits per heavy atom. The summed E-state index contributed by atoms with van der Waals surface area (Å²) in [4.78, 5) is 24.8. The Hall–Kier alpha value is -4.35. The number of pyridine rings is 1. The standard InChI is InChI=1S/C23H19F3N8O/c1-11-3-4-12(17-16(23(24,25)26)10-31-33-18(17)19(27)35)7-14(11)15-8-13-9-30-22(28-2)32-20(13)34-6-5-29-21(15)34/h3-4,7-10,29H,5-6H2,1-2H3,(H2,27,35). The Kier molecular flexibility index (Phi) is 5.23. The van der Waals surface area contributed by atoms with Crippen molar-refractivity contribution in [3.8, 4) is 33.6 Å². The Morgan fingerprint density at radius 3 is 2.66 bits per heavy atom. The summed E-state index contributed by atoms with van der Waals surface area (Å²) in [6, 6.07) is 6.70. The van der Waals surface area contributed by atoms with Crippen LogP contribution in [0.2, 0.25) is 0 Å². The van der Waals surface area contributed by atoms with Gasteiger partial charge in [0, 0.05) is 43.0 Å². The molecule has 0 atom stereocenters. The molecule has 5 rings (SSSR count). The normalized spacial score (nSPS) is 13.7. The molecule has 0 unspecified atom stereocenters. The Balaban J connectivity index is 1.79. The summed E-state index contributed by atoms with van der Waals surface area (Å²) < 4.78 is 43.5. The van der Waals surface area contributed by atoms with Crippen molar-refractivity contribution in [2.24, 2.45) is 10.7 Å². The molecular weight excluding hydrogens is 461 g/mol. The van der Waals surface area contributed by atoms with E-state index < -0.39 is 28.9 Å². The van der Waals surface area contributed by atoms with Gasteiger partial charge < -0.3 is 15.6 Å². The maximum Gasteiger partial charge on any atom is 0.418 e. The SMILES string of the molecule is CN=c1ncc2cc(-c3cc(-c4c(C(F)(F)F)cnnc4C(N)=O)ccc3C)c3n(c-2n1)CCN3. The van der Waals surface area contributed by atoms with Crippen molar-refractivity contribution in [3.63, 3.8) is 0 Å². The smallest absolute Gasteiger partial charge is 0.369 e. The number of benzene rings is 1. The van der Waals surface area contributed by atoms with Crippen LogP contribution in [0.5, 0.6) is 0 Å². The summed E-state index contributed by atoms with van der Waals surface area (Å²) in [6.07, 6.45) is -2.50. The van der Waals surface area contributed by atoms with E-state index in [9.17, 15) is 18.0 Å². The van der Waals surface area contributed by atoms with Crippen LogP contribution in [0.4, 0.5) is 19.0 Å². The third-order valence-electron chi connectivity index (χ3n) is 5.90. The average Bonchev–Trinajstić information content (AvgIpc) is 3.33. The number of nitrogens with one attached hydrogen (secondary N) is 1. The van der Waals surface area contributed by atoms with Crippen molar-refractivity contribution in [2.45, 2.75) is 19.6 Å². The highest BCUT2D eigenvalue weighted by Crippen LogP contribution is 2.42. The molecule has 0 saturated heterocycles. The van der Waals surface area contributed by atoms with Gasteiger partial charge in [-0.3, -0.25) is 9.79 Å². The van der Waals surface area contributed by atoms with E-state index in [-0.39, 0.29) is 5.56 Å². The van der Waals surface area contributed by atoms with E-state index in [1.165, 1.54) is 6.07 Å². The highest BCUT2D eigenvalue weighted by Gasteiger charge is 2.37. The largest absolute Gasteiger partial charge is 0.418 e. The van der Waals surface area contributed by atoms with E-state index in [1.54, 1.807) is 25.4 Å². The summed E-state index contributed by atoms with van der Waals surface area (Å²) in [7, 11) is 1.61. The minimum Gasteiger partial charge on any atom is -0.369 e. The van der Waals surface area contributed by atoms with Gasteiger partial charge in [0.2, 0.25) is 5.62 Å². The van der Waals surface area contributed by atoms with Gasteiger partial charge in [-0.1, -0.05) is 12.1 Å². The second-order valence-electron chi connectivity index (χ2n) is 8.03. The molecular formula is C23H19F3N8O. The Morgan fingerprint density at radius 2 is 1.94 bits per heavy atom. The van der Waals surface area contributed by atoms with E-state index in [0.29, 0.717) is 36.3 Å². The molecule has 12 heteroatoms. The van der Waals surface area contributed by atoms with Crippen LogP contribution in [0.25, 0.3) is 33.6 Å². The fraction of sp³-hybridized carbons (Fsp3) is 0.217. The Bertz CT molecular complexity index is 1530. The third kappa shape index (κ3) is 3.76. The van der Waals surface area contributed by atoms with Gasteiger partial charge in [0.15, 0.2) is 5.69 Å². The van der Waals surface area contributed by atoms with Gasteiger partial charge in [-0.05, 0) is 35.7 Å². The van der Waals surface area contributed by atoms with Crippen LogP contribution in [-0.4, -0.2) is 44.2 Å². The van der Waals surface area contributed by atoms with Crippen molar-refractivity contribution in [1.82, 2.24) is 24.7 Å². The first-order valence-corrected chi connectivity index (χ1v) is 10.6. The number of aryl methyl sites for hydroxylation is 1. The molecule has 1 amide bonds. The van der Waals surface area contributed by atoms with Crippen molar-refractivity contribution in [3.05, 3.63) is 59.1 Å². The second-order valence-corrected chi connectivity index (χ2v) is 8.03. The van der Waals surface area contributed by atoms with Crippen molar-refractivity contribution in [2.75, 3.05) is 18.9 Å². The first-order chi connectivity index (χ1) is 16.7. The van der Waals surface area contributed by atoms with Gasteiger partial charge in [0.25, 0.3) is 5.91 Å². The van der Waals surface area contributed by atoms with Crippen molar-refractivity contribution >= 4 is 11.7 Å². The third-order valence-corrected chi connectivity index (χ3v) is 5.90. The van der Waals surface area contributed by atoms with E-state index in [4.69, 9.17) is 5.73 Å². The average molecular weight is 480 g/mol. The van der Waals surface area contributed by atoms with Crippen LogP contribution in [0, 0.1) is 6.92 Å². The zero-order valence-corrected chi connectivity index (χ0v) is 18.7. The topological polar surface area (TPSA) is 124 Å². The fourth-order valence-corrected chi connectivity index (χ4v) is 4.31. The number of aromatic nitrogens is 5. The second kappa shape index (κ2) is 8.15. The lowest BCUT2D eigenvalue weighted by atomic mass is 9.92. The highest BCUT2D eigenvalue weighted by atomic mass is 19.4. The van der Waals surface area contributed by atoms with Gasteiger partial charge >= 0.3 is 6.18 Å². The molecule has 3 N–H and O–H groups in total. The van der Waals surface area contributed by atoms with E-state index in [1.807, 2.05) is 17.6 Å². The lowest BCUT2D eigenvalue weighted by Gasteiger charge is -2.19. The van der Waals surface area contributed by atoms with Crippen LogP contribution in [-0.2, 0) is 12.7 Å². The molecule has 178 valence electrons. The summed E-state index contributed by atoms with van der Waals surface area (Å²) in [6.45, 7) is 3.16. The van der Waals surface area contributed by atoms with Crippen molar-refractivity contribution < 1.29 is 18.0 Å². The quantitative estimate of drug-likeness (QED) is 0.465. The molecule has 3 aliphatic heterocycles. The minimum absolute atomic E-state index is 0.148. The first-order valence-electron chi connectivity index (χ1n) is 10.6. The zero-order valence-electron chi connectivity index (χ0n) is 18.7. The molecule has 1 aromatic heterocycles. The van der Waals surface area contributed by atoms with Crippen LogP contribution in [0.15, 0.2) is 41.7 Å². The summed E-state index contributed by atoms with van der Waals surface area (Å²) in [5, 5.41) is 10.3. The Labute approximate surface area is 196 Å². The van der Waals surface area contributed by atoms with Gasteiger partial charge in [-0.15, -0.1) is 5.10 Å². The number of primary amides is 1. The molecule has 0 bridgehead atoms. The number of hydrogen-bond donors (Lipinski definition) is 2. The van der Waals surface area contributed by atoms with Gasteiger partial charge in [0.05, 0.1) is 11.8 Å². The van der Waals surface area contributed by atoms with Crippen LogP contribution >= 0.6 is 0 Å². The predicted molar refractivity (Wildman–Crippen MR) is 121 cm³/mol. The number of amides is 1. The molecule has 2 aromatic rings. The number of nitrogens with zero attached hydrogens (tertiary/aromatic N) is 6. The zero-order chi connectivity index (χ0) is 24.9. The van der Waals surface area contributed by atoms with Crippen LogP contribution < -0.4 is 16.7 Å². The van der Waals surface area contributed by atoms with Crippen LogP contribution in [0.3, 0.4) is 0 Å². The van der Waals surface area contributed by atoms with Gasteiger partial charge in [0.1, 0.15) is 11.6 Å². The molecule has 0 saturated carbocycles. The number of fused-ring (bicyclic) bond motifs is 3. The van der Waals surface area contributed by atoms with Crippen molar-refractivity contribution in [1.29, 1.82) is 0 Å². The molecule has 0 aliphatic carbocycles. The number of anilines is 1. The summed E-state index contributed by atoms with van der Waals surface area (Å²) in [5.74, 6) is 0.378. The molecule has 0 radical (unpaired) electrons. The van der Waals surface area contributed by atoms with Gasteiger partial charge in [-0.25, -0.2) is 4.98 Å². The maximum absolute atomic E-state index is 13.8. The molecule has 1 aromatic carbocycles. The lowest BCUT2D eigenvalue weighted by molar-refractivity contribution is -0.137. The summed E-state index contributed by atoms with van der Waals surface area (Å²) in [5.41, 5.74) is 6.83. The fourth-order valence-electron chi connectivity index (χ4n) is 4.31. The molecule has 35 heavy (non-hydrogen) atoms. The summed E-state index contributed by atoms with van der Waals surface area (Å²) >= 11 is 0. The van der Waals surface area contributed by atoms with E-state index in [2.05, 4.69) is 30.5 Å². The predicted octanol–water partition coefficient (Wildman–Crippen LogP) is 2.89.